The summed E-state index contributed by atoms with van der Waals surface area (Å²) in [6.07, 6.45) is 0. The molecule has 0 bridgehead atoms. The number of ether oxygens (including phenoxy) is 2. The van der Waals surface area contributed by atoms with Gasteiger partial charge in [-0.25, -0.2) is 4.99 Å². The summed E-state index contributed by atoms with van der Waals surface area (Å²) < 4.78 is 11.4. The molecule has 0 radical (unpaired) electrons. The fraction of sp³-hybridized carbons (Fsp3) is 0.500. The summed E-state index contributed by atoms with van der Waals surface area (Å²) in [5.74, 6) is 1.19. The molecule has 1 N–H and O–H groups in total. The Morgan fingerprint density at radius 2 is 2.05 bits per heavy atom. The van der Waals surface area contributed by atoms with Crippen molar-refractivity contribution >= 4 is 17.5 Å². The van der Waals surface area contributed by atoms with Gasteiger partial charge >= 0.3 is 0 Å². The molecule has 0 aliphatic carbocycles. The molecule has 0 spiro atoms. The minimum Gasteiger partial charge on any atom is -0.478 e. The highest BCUT2D eigenvalue weighted by Crippen LogP contribution is 2.27. The first kappa shape index (κ1) is 14.2. The van der Waals surface area contributed by atoms with Crippen LogP contribution < -0.4 is 4.74 Å². The number of aliphatic imine (C=N–C) groups is 1. The number of aliphatic hydroxyl groups excluding tert-OH is 1. The number of hydrogen-bond donors (Lipinski definition) is 1. The van der Waals surface area contributed by atoms with E-state index in [1.807, 2.05) is 20.8 Å². The van der Waals surface area contributed by atoms with Crippen LogP contribution in [0.5, 0.6) is 5.75 Å². The third-order valence-corrected chi connectivity index (χ3v) is 3.19. The molecular formula is C14H18ClNO3. The predicted octanol–water partition coefficient (Wildman–Crippen LogP) is 2.68. The van der Waals surface area contributed by atoms with Gasteiger partial charge in [0.25, 0.3) is 0 Å². The van der Waals surface area contributed by atoms with Gasteiger partial charge in [0.05, 0.1) is 6.61 Å². The number of aliphatic hydroxyl groups is 1. The molecule has 0 saturated heterocycles. The summed E-state index contributed by atoms with van der Waals surface area (Å²) in [7, 11) is 0. The Hall–Kier alpha value is -1.26. The number of rotatable bonds is 4. The van der Waals surface area contributed by atoms with E-state index in [1.54, 1.807) is 24.3 Å². The number of benzene rings is 1. The zero-order chi connectivity index (χ0) is 14.1. The van der Waals surface area contributed by atoms with Crippen molar-refractivity contribution in [1.29, 1.82) is 0 Å². The lowest BCUT2D eigenvalue weighted by molar-refractivity contribution is 0.132. The zero-order valence-corrected chi connectivity index (χ0v) is 12.1. The maximum atomic E-state index is 9.29. The topological polar surface area (TPSA) is 51.0 Å². The minimum atomic E-state index is -0.694. The highest BCUT2D eigenvalue weighted by molar-refractivity contribution is 6.30. The average molecular weight is 284 g/mol. The van der Waals surface area contributed by atoms with Crippen LogP contribution in [0, 0.1) is 0 Å². The van der Waals surface area contributed by atoms with Gasteiger partial charge in [0.15, 0.2) is 5.60 Å². The molecule has 19 heavy (non-hydrogen) atoms. The molecule has 2 rings (SSSR count). The molecule has 4 nitrogen and oxygen atoms in total. The summed E-state index contributed by atoms with van der Waals surface area (Å²) in [5.41, 5.74) is -1.27. The number of halogens is 1. The van der Waals surface area contributed by atoms with E-state index in [1.165, 1.54) is 0 Å². The van der Waals surface area contributed by atoms with Crippen LogP contribution in [-0.4, -0.2) is 35.4 Å². The van der Waals surface area contributed by atoms with Crippen molar-refractivity contribution in [3.63, 3.8) is 0 Å². The fourth-order valence-electron chi connectivity index (χ4n) is 1.76. The van der Waals surface area contributed by atoms with Crippen LogP contribution in [0.4, 0.5) is 0 Å². The Bertz CT molecular complexity index is 484. The van der Waals surface area contributed by atoms with Gasteiger partial charge in [-0.15, -0.1) is 0 Å². The van der Waals surface area contributed by atoms with Crippen molar-refractivity contribution in [2.75, 3.05) is 13.2 Å². The highest BCUT2D eigenvalue weighted by Gasteiger charge is 2.39. The van der Waals surface area contributed by atoms with Crippen molar-refractivity contribution in [2.24, 2.45) is 4.99 Å². The van der Waals surface area contributed by atoms with Gasteiger partial charge < -0.3 is 14.6 Å². The van der Waals surface area contributed by atoms with Crippen LogP contribution in [-0.2, 0) is 4.74 Å². The lowest BCUT2D eigenvalue weighted by Crippen LogP contribution is -2.38. The van der Waals surface area contributed by atoms with Crippen LogP contribution in [0.1, 0.15) is 20.8 Å². The van der Waals surface area contributed by atoms with E-state index < -0.39 is 11.1 Å². The molecule has 0 fully saturated rings. The molecule has 1 atom stereocenters. The summed E-state index contributed by atoms with van der Waals surface area (Å²) in [4.78, 5) is 4.42. The average Bonchev–Trinajstić information content (AvgIpc) is 2.76. The largest absolute Gasteiger partial charge is 0.478 e. The zero-order valence-electron chi connectivity index (χ0n) is 11.3. The maximum Gasteiger partial charge on any atom is 0.229 e. The van der Waals surface area contributed by atoms with Crippen LogP contribution in [0.2, 0.25) is 5.02 Å². The molecule has 1 aromatic rings. The normalized spacial score (nSPS) is 22.9. The Balaban J connectivity index is 2.15. The van der Waals surface area contributed by atoms with E-state index in [0.29, 0.717) is 23.3 Å². The molecule has 1 aliphatic rings. The van der Waals surface area contributed by atoms with Gasteiger partial charge in [0, 0.05) is 5.02 Å². The third-order valence-electron chi connectivity index (χ3n) is 2.93. The maximum absolute atomic E-state index is 9.29. The second-order valence-corrected chi connectivity index (χ2v) is 5.86. The van der Waals surface area contributed by atoms with Gasteiger partial charge in [-0.3, -0.25) is 0 Å². The Labute approximate surface area is 118 Å². The van der Waals surface area contributed by atoms with Gasteiger partial charge in [-0.2, -0.15) is 0 Å². The van der Waals surface area contributed by atoms with Crippen molar-refractivity contribution in [3.05, 3.63) is 29.3 Å². The van der Waals surface area contributed by atoms with Crippen molar-refractivity contribution in [3.8, 4) is 5.75 Å². The monoisotopic (exact) mass is 283 g/mol. The van der Waals surface area contributed by atoms with E-state index in [9.17, 15) is 5.11 Å². The van der Waals surface area contributed by atoms with E-state index in [4.69, 9.17) is 21.1 Å². The number of nitrogens with zero attached hydrogens (tertiary/aromatic N) is 1. The molecule has 1 unspecified atom stereocenters. The van der Waals surface area contributed by atoms with Crippen molar-refractivity contribution in [1.82, 2.24) is 0 Å². The van der Waals surface area contributed by atoms with E-state index in [2.05, 4.69) is 4.99 Å². The third kappa shape index (κ3) is 3.19. The fourth-order valence-corrected chi connectivity index (χ4v) is 1.89. The summed E-state index contributed by atoms with van der Waals surface area (Å²) in [6.45, 7) is 5.92. The SMILES string of the molecule is CC1(CO)COC(C(C)(C)Oc2ccc(Cl)cc2)=N1. The Morgan fingerprint density at radius 1 is 1.42 bits per heavy atom. The van der Waals surface area contributed by atoms with Crippen LogP contribution >= 0.6 is 11.6 Å². The summed E-state index contributed by atoms with van der Waals surface area (Å²) in [6, 6.07) is 7.12. The Kier molecular flexibility index (Phi) is 3.74. The predicted molar refractivity (Wildman–Crippen MR) is 75.0 cm³/mol. The van der Waals surface area contributed by atoms with Crippen molar-refractivity contribution < 1.29 is 14.6 Å². The summed E-state index contributed by atoms with van der Waals surface area (Å²) in [5, 5.41) is 9.95. The molecule has 1 aromatic carbocycles. The molecule has 0 amide bonds. The second-order valence-electron chi connectivity index (χ2n) is 5.43. The lowest BCUT2D eigenvalue weighted by atomic mass is 10.1. The molecular weight excluding hydrogens is 266 g/mol. The van der Waals surface area contributed by atoms with Gasteiger partial charge in [0.1, 0.15) is 17.9 Å². The highest BCUT2D eigenvalue weighted by atomic mass is 35.5. The molecule has 104 valence electrons. The molecule has 1 heterocycles. The van der Waals surface area contributed by atoms with Crippen molar-refractivity contribution in [2.45, 2.75) is 31.9 Å². The van der Waals surface area contributed by atoms with E-state index in [0.717, 1.165) is 0 Å². The molecule has 0 aromatic heterocycles. The van der Waals surface area contributed by atoms with Gasteiger partial charge in [0.2, 0.25) is 5.90 Å². The first-order chi connectivity index (χ1) is 8.85. The molecule has 0 saturated carbocycles. The van der Waals surface area contributed by atoms with Gasteiger partial charge in [-0.1, -0.05) is 11.6 Å². The standard InChI is InChI=1S/C14H18ClNO3/c1-13(2,12-16-14(3,8-17)9-18-12)19-11-6-4-10(15)5-7-11/h4-7,17H,8-9H2,1-3H3. The van der Waals surface area contributed by atoms with Crippen LogP contribution in [0.25, 0.3) is 0 Å². The second kappa shape index (κ2) is 5.02. The first-order valence-electron chi connectivity index (χ1n) is 6.13. The summed E-state index contributed by atoms with van der Waals surface area (Å²) >= 11 is 5.83. The Morgan fingerprint density at radius 3 is 2.58 bits per heavy atom. The quantitative estimate of drug-likeness (QED) is 0.924. The molecule has 1 aliphatic heterocycles. The van der Waals surface area contributed by atoms with E-state index >= 15 is 0 Å². The van der Waals surface area contributed by atoms with Crippen LogP contribution in [0.15, 0.2) is 29.3 Å². The van der Waals surface area contributed by atoms with Crippen LogP contribution in [0.3, 0.4) is 0 Å². The lowest BCUT2D eigenvalue weighted by Gasteiger charge is -2.25. The molecule has 5 heteroatoms. The van der Waals surface area contributed by atoms with Gasteiger partial charge in [-0.05, 0) is 45.0 Å². The van der Waals surface area contributed by atoms with E-state index in [-0.39, 0.29) is 6.61 Å². The first-order valence-corrected chi connectivity index (χ1v) is 6.51. The number of hydrogen-bond acceptors (Lipinski definition) is 4. The minimum absolute atomic E-state index is 0.0481. The smallest absolute Gasteiger partial charge is 0.229 e.